The van der Waals surface area contributed by atoms with Crippen LogP contribution in [-0.4, -0.2) is 55.2 Å². The van der Waals surface area contributed by atoms with Crippen molar-refractivity contribution < 1.29 is 9.53 Å². The second-order valence-corrected chi connectivity index (χ2v) is 7.31. The number of benzene rings is 1. The van der Waals surface area contributed by atoms with Crippen molar-refractivity contribution in [3.63, 3.8) is 0 Å². The number of hydrogen-bond donors (Lipinski definition) is 3. The summed E-state index contributed by atoms with van der Waals surface area (Å²) < 4.78 is 9.14. The molecule has 0 saturated heterocycles. The zero-order valence-corrected chi connectivity index (χ0v) is 16.8. The Kier molecular flexibility index (Phi) is 4.24. The molecule has 11 nitrogen and oxygen atoms in total. The maximum atomic E-state index is 12.8. The van der Waals surface area contributed by atoms with Gasteiger partial charge in [0, 0.05) is 26.2 Å². The standard InChI is InChI=1S/C19H21N9O2/c1-10-8-30-9-11-4-13(17-14(5-11)25-26-27(17)3)23-15-6-16(20-2)28-18(24-15)12(7-21-28)19(29)22-10/h4-7,10,20H,8-9H2,1-3H3,(H,22,29)(H,23,24)/t10-/m1/s1. The zero-order chi connectivity index (χ0) is 20.8. The number of rotatable bonds is 1. The minimum Gasteiger partial charge on any atom is -0.375 e. The molecular formula is C19H21N9O2. The van der Waals surface area contributed by atoms with Gasteiger partial charge in [-0.25, -0.2) is 9.67 Å². The number of hydrogen-bond acceptors (Lipinski definition) is 8. The summed E-state index contributed by atoms with van der Waals surface area (Å²) in [5, 5.41) is 22.1. The van der Waals surface area contributed by atoms with Crippen LogP contribution < -0.4 is 16.0 Å². The van der Waals surface area contributed by atoms with Crippen molar-refractivity contribution in [1.82, 2.24) is 34.9 Å². The van der Waals surface area contributed by atoms with E-state index in [1.807, 2.05) is 32.2 Å². The largest absolute Gasteiger partial charge is 0.375 e. The summed E-state index contributed by atoms with van der Waals surface area (Å²) in [6, 6.07) is 5.60. The van der Waals surface area contributed by atoms with Crippen molar-refractivity contribution in [2.24, 2.45) is 7.05 Å². The van der Waals surface area contributed by atoms with Crippen molar-refractivity contribution in [2.75, 3.05) is 24.3 Å². The Labute approximate surface area is 171 Å². The number of amides is 1. The molecule has 0 saturated carbocycles. The first-order valence-electron chi connectivity index (χ1n) is 9.58. The molecule has 1 aromatic carbocycles. The molecule has 0 aliphatic carbocycles. The molecule has 4 aromatic rings. The zero-order valence-electron chi connectivity index (χ0n) is 16.8. The van der Waals surface area contributed by atoms with Crippen molar-refractivity contribution >= 4 is 39.9 Å². The molecule has 0 unspecified atom stereocenters. The summed E-state index contributed by atoms with van der Waals surface area (Å²) in [6.07, 6.45) is 1.52. The van der Waals surface area contributed by atoms with Crippen LogP contribution in [0.2, 0.25) is 0 Å². The van der Waals surface area contributed by atoms with E-state index in [1.165, 1.54) is 6.20 Å². The van der Waals surface area contributed by atoms with E-state index in [1.54, 1.807) is 16.2 Å². The van der Waals surface area contributed by atoms with Crippen molar-refractivity contribution in [2.45, 2.75) is 19.6 Å². The number of nitrogens with one attached hydrogen (secondary N) is 3. The topological polar surface area (TPSA) is 123 Å². The lowest BCUT2D eigenvalue weighted by molar-refractivity contribution is 0.0822. The van der Waals surface area contributed by atoms with Crippen LogP contribution in [0.3, 0.4) is 0 Å². The highest BCUT2D eigenvalue weighted by Crippen LogP contribution is 2.28. The van der Waals surface area contributed by atoms with Gasteiger partial charge in [-0.15, -0.1) is 5.10 Å². The fourth-order valence-corrected chi connectivity index (χ4v) is 3.63. The van der Waals surface area contributed by atoms with Crippen LogP contribution in [0.15, 0.2) is 24.4 Å². The number of aromatic nitrogens is 6. The molecule has 3 N–H and O–H groups in total. The Morgan fingerprint density at radius 2 is 2.17 bits per heavy atom. The number of anilines is 3. The monoisotopic (exact) mass is 407 g/mol. The van der Waals surface area contributed by atoms with Crippen LogP contribution in [0.1, 0.15) is 22.8 Å². The number of ether oxygens (including phenoxy) is 1. The number of fused-ring (bicyclic) bond motifs is 5. The predicted octanol–water partition coefficient (Wildman–Crippen LogP) is 1.44. The van der Waals surface area contributed by atoms with Gasteiger partial charge in [-0.1, -0.05) is 5.21 Å². The minimum absolute atomic E-state index is 0.180. The maximum Gasteiger partial charge on any atom is 0.257 e. The third-order valence-corrected chi connectivity index (χ3v) is 5.01. The van der Waals surface area contributed by atoms with Gasteiger partial charge in [-0.2, -0.15) is 9.61 Å². The average Bonchev–Trinajstić information content (AvgIpc) is 3.30. The molecule has 4 heterocycles. The van der Waals surface area contributed by atoms with Gasteiger partial charge in [0.1, 0.15) is 28.2 Å². The Bertz CT molecular complexity index is 1280. The summed E-state index contributed by atoms with van der Waals surface area (Å²) in [7, 11) is 3.63. The Balaban J connectivity index is 1.73. The van der Waals surface area contributed by atoms with Crippen LogP contribution >= 0.6 is 0 Å². The lowest BCUT2D eigenvalue weighted by Gasteiger charge is -2.16. The quantitative estimate of drug-likeness (QED) is 0.433. The summed E-state index contributed by atoms with van der Waals surface area (Å²) >= 11 is 0. The van der Waals surface area contributed by atoms with E-state index < -0.39 is 0 Å². The van der Waals surface area contributed by atoms with Gasteiger partial charge in [-0.05, 0) is 24.6 Å². The molecule has 5 rings (SSSR count). The van der Waals surface area contributed by atoms with Gasteiger partial charge in [0.15, 0.2) is 5.65 Å². The fourth-order valence-electron chi connectivity index (χ4n) is 3.63. The highest BCUT2D eigenvalue weighted by molar-refractivity contribution is 6.00. The first kappa shape index (κ1) is 18.3. The lowest BCUT2D eigenvalue weighted by atomic mass is 10.1. The van der Waals surface area contributed by atoms with Crippen LogP contribution in [0.5, 0.6) is 0 Å². The second-order valence-electron chi connectivity index (χ2n) is 7.31. The molecule has 1 atom stereocenters. The highest BCUT2D eigenvalue weighted by atomic mass is 16.5. The van der Waals surface area contributed by atoms with Crippen LogP contribution in [-0.2, 0) is 18.4 Å². The third-order valence-electron chi connectivity index (χ3n) is 5.01. The molecule has 1 amide bonds. The van der Waals surface area contributed by atoms with Gasteiger partial charge in [0.05, 0.1) is 25.1 Å². The molecule has 4 bridgehead atoms. The van der Waals surface area contributed by atoms with Crippen LogP contribution in [0.4, 0.5) is 17.3 Å². The Morgan fingerprint density at radius 3 is 3.00 bits per heavy atom. The highest BCUT2D eigenvalue weighted by Gasteiger charge is 2.20. The van der Waals surface area contributed by atoms with Crippen LogP contribution in [0, 0.1) is 0 Å². The van der Waals surface area contributed by atoms with E-state index in [2.05, 4.69) is 36.3 Å². The molecule has 0 radical (unpaired) electrons. The number of carbonyl (C=O) groups excluding carboxylic acids is 1. The van der Waals surface area contributed by atoms with Gasteiger partial charge in [-0.3, -0.25) is 4.79 Å². The normalized spacial score (nSPS) is 17.0. The third kappa shape index (κ3) is 2.99. The van der Waals surface area contributed by atoms with Crippen molar-refractivity contribution in [3.8, 4) is 0 Å². The van der Waals surface area contributed by atoms with Crippen LogP contribution in [0.25, 0.3) is 16.7 Å². The molecule has 30 heavy (non-hydrogen) atoms. The average molecular weight is 407 g/mol. The first-order chi connectivity index (χ1) is 14.5. The van der Waals surface area contributed by atoms with Crippen molar-refractivity contribution in [3.05, 3.63) is 35.5 Å². The summed E-state index contributed by atoms with van der Waals surface area (Å²) in [4.78, 5) is 17.5. The van der Waals surface area contributed by atoms with Crippen molar-refractivity contribution in [1.29, 1.82) is 0 Å². The molecule has 11 heteroatoms. The van der Waals surface area contributed by atoms with Gasteiger partial charge < -0.3 is 20.7 Å². The Hall–Kier alpha value is -3.73. The van der Waals surface area contributed by atoms with E-state index in [4.69, 9.17) is 4.74 Å². The Morgan fingerprint density at radius 1 is 1.30 bits per heavy atom. The minimum atomic E-state index is -0.249. The molecule has 0 fully saturated rings. The molecule has 3 aromatic heterocycles. The smallest absolute Gasteiger partial charge is 0.257 e. The van der Waals surface area contributed by atoms with E-state index in [0.717, 1.165) is 22.3 Å². The lowest BCUT2D eigenvalue weighted by Crippen LogP contribution is -2.35. The fraction of sp³-hybridized carbons (Fsp3) is 0.316. The van der Waals surface area contributed by atoms with Gasteiger partial charge >= 0.3 is 0 Å². The predicted molar refractivity (Wildman–Crippen MR) is 111 cm³/mol. The first-order valence-corrected chi connectivity index (χ1v) is 9.58. The SMILES string of the molecule is CNc1cc2nc3c(cnn13)C(=O)N[C@H](C)COCc1cc(c3c(c1)nnn3C)N2. The summed E-state index contributed by atoms with van der Waals surface area (Å²) in [5.41, 5.74) is 4.18. The van der Waals surface area contributed by atoms with E-state index in [0.29, 0.717) is 36.1 Å². The van der Waals surface area contributed by atoms with E-state index in [-0.39, 0.29) is 11.9 Å². The number of nitrogens with zero attached hydrogens (tertiary/aromatic N) is 6. The molecule has 1 aliphatic heterocycles. The number of carbonyl (C=O) groups is 1. The molecule has 1 aliphatic rings. The summed E-state index contributed by atoms with van der Waals surface area (Å²) in [6.45, 7) is 2.65. The molecule has 0 spiro atoms. The molecule has 154 valence electrons. The van der Waals surface area contributed by atoms with E-state index in [9.17, 15) is 4.79 Å². The number of aryl methyl sites for hydroxylation is 1. The second kappa shape index (κ2) is 6.95. The maximum absolute atomic E-state index is 12.8. The van der Waals surface area contributed by atoms with E-state index >= 15 is 0 Å². The molecular weight excluding hydrogens is 386 g/mol. The van der Waals surface area contributed by atoms with Gasteiger partial charge in [0.2, 0.25) is 0 Å². The summed E-state index contributed by atoms with van der Waals surface area (Å²) in [5.74, 6) is 1.01. The van der Waals surface area contributed by atoms with Gasteiger partial charge in [0.25, 0.3) is 5.91 Å².